The first-order valence-electron chi connectivity index (χ1n) is 10.1. The summed E-state index contributed by atoms with van der Waals surface area (Å²) in [4.78, 5) is 24.1. The van der Waals surface area contributed by atoms with E-state index in [0.717, 1.165) is 38.5 Å². The Labute approximate surface area is 158 Å². The molecule has 0 saturated carbocycles. The molecule has 1 aromatic carbocycles. The van der Waals surface area contributed by atoms with Crippen molar-refractivity contribution in [1.82, 2.24) is 0 Å². The molecule has 1 atom stereocenters. The molecule has 0 aliphatic carbocycles. The molecule has 1 unspecified atom stereocenters. The lowest BCUT2D eigenvalue weighted by molar-refractivity contribution is 0.0318. The van der Waals surface area contributed by atoms with Gasteiger partial charge in [-0.2, -0.15) is 0 Å². The van der Waals surface area contributed by atoms with Crippen LogP contribution in [-0.2, 0) is 9.47 Å². The van der Waals surface area contributed by atoms with Crippen molar-refractivity contribution in [3.05, 3.63) is 35.4 Å². The first-order chi connectivity index (χ1) is 12.6. The van der Waals surface area contributed by atoms with Crippen LogP contribution in [0.4, 0.5) is 0 Å². The average molecular weight is 363 g/mol. The first-order valence-corrected chi connectivity index (χ1v) is 10.1. The topological polar surface area (TPSA) is 52.6 Å². The van der Waals surface area contributed by atoms with Crippen LogP contribution in [0.15, 0.2) is 24.3 Å². The highest BCUT2D eigenvalue weighted by Crippen LogP contribution is 2.12. The normalized spacial score (nSPS) is 11.8. The SMILES string of the molecule is CCCCCCCOC(=O)c1ccc(C(=O)OC(C)CCCCC)cc1. The zero-order chi connectivity index (χ0) is 19.2. The maximum absolute atomic E-state index is 12.1. The van der Waals surface area contributed by atoms with Crippen molar-refractivity contribution in [2.24, 2.45) is 0 Å². The molecule has 0 aliphatic rings. The van der Waals surface area contributed by atoms with Crippen molar-refractivity contribution in [3.63, 3.8) is 0 Å². The lowest BCUT2D eigenvalue weighted by Crippen LogP contribution is -2.15. The first kappa shape index (κ1) is 22.2. The Hall–Kier alpha value is -1.84. The summed E-state index contributed by atoms with van der Waals surface area (Å²) in [7, 11) is 0. The lowest BCUT2D eigenvalue weighted by Gasteiger charge is -2.13. The molecule has 1 rings (SSSR count). The van der Waals surface area contributed by atoms with Crippen LogP contribution < -0.4 is 0 Å². The third-order valence-electron chi connectivity index (χ3n) is 4.36. The fourth-order valence-electron chi connectivity index (χ4n) is 2.69. The van der Waals surface area contributed by atoms with Gasteiger partial charge in [-0.15, -0.1) is 0 Å². The second-order valence-corrected chi connectivity index (χ2v) is 6.84. The van der Waals surface area contributed by atoms with Crippen molar-refractivity contribution in [2.75, 3.05) is 6.61 Å². The molecule has 0 aliphatic heterocycles. The van der Waals surface area contributed by atoms with Crippen molar-refractivity contribution in [3.8, 4) is 0 Å². The molecule has 4 nitrogen and oxygen atoms in total. The Morgan fingerprint density at radius 2 is 1.35 bits per heavy atom. The van der Waals surface area contributed by atoms with Gasteiger partial charge in [0.05, 0.1) is 23.8 Å². The molecule has 0 saturated heterocycles. The van der Waals surface area contributed by atoms with Gasteiger partial charge in [0.2, 0.25) is 0 Å². The zero-order valence-electron chi connectivity index (χ0n) is 16.6. The van der Waals surface area contributed by atoms with Gasteiger partial charge in [-0.25, -0.2) is 9.59 Å². The van der Waals surface area contributed by atoms with Gasteiger partial charge >= 0.3 is 11.9 Å². The Bertz CT molecular complexity index is 521. The highest BCUT2D eigenvalue weighted by atomic mass is 16.5. The maximum Gasteiger partial charge on any atom is 0.338 e. The molecular weight excluding hydrogens is 328 g/mol. The van der Waals surface area contributed by atoms with E-state index in [4.69, 9.17) is 9.47 Å². The summed E-state index contributed by atoms with van der Waals surface area (Å²) in [5.74, 6) is -0.682. The molecule has 0 heterocycles. The minimum Gasteiger partial charge on any atom is -0.462 e. The predicted molar refractivity (Wildman–Crippen MR) is 105 cm³/mol. The van der Waals surface area contributed by atoms with Crippen molar-refractivity contribution >= 4 is 11.9 Å². The molecule has 4 heteroatoms. The standard InChI is InChI=1S/C22H34O4/c1-4-6-8-9-11-17-25-21(23)19-13-15-20(16-14-19)22(24)26-18(3)12-10-7-5-2/h13-16,18H,4-12,17H2,1-3H3. The summed E-state index contributed by atoms with van der Waals surface area (Å²) in [6.07, 6.45) is 9.74. The number of hydrogen-bond acceptors (Lipinski definition) is 4. The van der Waals surface area contributed by atoms with Crippen molar-refractivity contribution < 1.29 is 19.1 Å². The van der Waals surface area contributed by atoms with E-state index >= 15 is 0 Å². The summed E-state index contributed by atoms with van der Waals surface area (Å²) in [5, 5.41) is 0. The molecule has 1 aromatic rings. The minimum atomic E-state index is -0.343. The Morgan fingerprint density at radius 3 is 1.96 bits per heavy atom. The second kappa shape index (κ2) is 13.4. The second-order valence-electron chi connectivity index (χ2n) is 6.84. The smallest absolute Gasteiger partial charge is 0.338 e. The molecule has 0 fully saturated rings. The number of ether oxygens (including phenoxy) is 2. The highest BCUT2D eigenvalue weighted by molar-refractivity contribution is 5.93. The van der Waals surface area contributed by atoms with Crippen LogP contribution in [-0.4, -0.2) is 24.6 Å². The summed E-state index contributed by atoms with van der Waals surface area (Å²) < 4.78 is 10.7. The molecule has 0 amide bonds. The van der Waals surface area contributed by atoms with E-state index in [1.165, 1.54) is 19.3 Å². The van der Waals surface area contributed by atoms with Crippen LogP contribution in [0.1, 0.15) is 99.3 Å². The molecule has 0 bridgehead atoms. The van der Waals surface area contributed by atoms with Crippen molar-refractivity contribution in [2.45, 2.75) is 84.7 Å². The van der Waals surface area contributed by atoms with E-state index in [1.54, 1.807) is 24.3 Å². The van der Waals surface area contributed by atoms with E-state index in [-0.39, 0.29) is 18.0 Å². The number of rotatable bonds is 13. The number of esters is 2. The van der Waals surface area contributed by atoms with E-state index in [0.29, 0.717) is 17.7 Å². The van der Waals surface area contributed by atoms with Gasteiger partial charge in [0.25, 0.3) is 0 Å². The zero-order valence-corrected chi connectivity index (χ0v) is 16.6. The predicted octanol–water partition coefficient (Wildman–Crippen LogP) is 5.94. The summed E-state index contributed by atoms with van der Waals surface area (Å²) in [6.45, 7) is 6.68. The molecule has 26 heavy (non-hydrogen) atoms. The average Bonchev–Trinajstić information content (AvgIpc) is 2.64. The summed E-state index contributed by atoms with van der Waals surface area (Å²) in [6, 6.07) is 6.49. The van der Waals surface area contributed by atoms with Gasteiger partial charge in [0, 0.05) is 0 Å². The van der Waals surface area contributed by atoms with E-state index in [9.17, 15) is 9.59 Å². The number of hydrogen-bond donors (Lipinski definition) is 0. The Morgan fingerprint density at radius 1 is 0.808 bits per heavy atom. The third kappa shape index (κ3) is 9.02. The fourth-order valence-corrected chi connectivity index (χ4v) is 2.69. The largest absolute Gasteiger partial charge is 0.462 e. The van der Waals surface area contributed by atoms with Crippen molar-refractivity contribution in [1.29, 1.82) is 0 Å². The molecule has 146 valence electrons. The van der Waals surface area contributed by atoms with Crippen LogP contribution in [0.2, 0.25) is 0 Å². The quantitative estimate of drug-likeness (QED) is 0.322. The number of carbonyl (C=O) groups excluding carboxylic acids is 2. The maximum atomic E-state index is 12.1. The Kier molecular flexibility index (Phi) is 11.4. The molecule has 0 spiro atoms. The number of carbonyl (C=O) groups is 2. The van der Waals surface area contributed by atoms with Crippen LogP contribution in [0.5, 0.6) is 0 Å². The van der Waals surface area contributed by atoms with Crippen LogP contribution in [0.3, 0.4) is 0 Å². The third-order valence-corrected chi connectivity index (χ3v) is 4.36. The van der Waals surface area contributed by atoms with Crippen LogP contribution >= 0.6 is 0 Å². The monoisotopic (exact) mass is 362 g/mol. The molecule has 0 aromatic heterocycles. The summed E-state index contributed by atoms with van der Waals surface area (Å²) >= 11 is 0. The van der Waals surface area contributed by atoms with Gasteiger partial charge in [-0.1, -0.05) is 52.4 Å². The minimum absolute atomic E-state index is 0.0913. The molecule has 0 radical (unpaired) electrons. The van der Waals surface area contributed by atoms with Crippen LogP contribution in [0, 0.1) is 0 Å². The number of unbranched alkanes of at least 4 members (excludes halogenated alkanes) is 6. The van der Waals surface area contributed by atoms with Gasteiger partial charge in [-0.3, -0.25) is 0 Å². The number of benzene rings is 1. The van der Waals surface area contributed by atoms with E-state index in [1.807, 2.05) is 6.92 Å². The summed E-state index contributed by atoms with van der Waals surface area (Å²) in [5.41, 5.74) is 0.926. The Balaban J connectivity index is 2.37. The lowest BCUT2D eigenvalue weighted by atomic mass is 10.1. The van der Waals surface area contributed by atoms with Gasteiger partial charge in [-0.05, 0) is 50.5 Å². The van der Waals surface area contributed by atoms with Gasteiger partial charge in [0.1, 0.15) is 0 Å². The van der Waals surface area contributed by atoms with Gasteiger partial charge in [0.15, 0.2) is 0 Å². The van der Waals surface area contributed by atoms with E-state index in [2.05, 4.69) is 13.8 Å². The highest BCUT2D eigenvalue weighted by Gasteiger charge is 2.13. The van der Waals surface area contributed by atoms with Gasteiger partial charge < -0.3 is 9.47 Å². The molecular formula is C22H34O4. The molecule has 0 N–H and O–H groups in total. The van der Waals surface area contributed by atoms with E-state index < -0.39 is 0 Å². The van der Waals surface area contributed by atoms with Crippen LogP contribution in [0.25, 0.3) is 0 Å². The fraction of sp³-hybridized carbons (Fsp3) is 0.636.